The van der Waals surface area contributed by atoms with Crippen molar-refractivity contribution in [3.05, 3.63) is 47.3 Å². The quantitative estimate of drug-likeness (QED) is 0.831. The number of hydrogen-bond acceptors (Lipinski definition) is 4. The summed E-state index contributed by atoms with van der Waals surface area (Å²) in [5.74, 6) is -0.273. The van der Waals surface area contributed by atoms with Gasteiger partial charge in [-0.25, -0.2) is 9.48 Å². The molecule has 136 valence electrons. The van der Waals surface area contributed by atoms with Crippen LogP contribution in [0.15, 0.2) is 30.3 Å². The van der Waals surface area contributed by atoms with E-state index in [9.17, 15) is 9.59 Å². The smallest absolute Gasteiger partial charge is 0.325 e. The van der Waals surface area contributed by atoms with Gasteiger partial charge < -0.3 is 10.1 Å². The number of nitrogens with one attached hydrogen (secondary N) is 1. The Balaban J connectivity index is 1.66. The van der Waals surface area contributed by atoms with Crippen molar-refractivity contribution in [1.82, 2.24) is 20.0 Å². The first-order valence-corrected chi connectivity index (χ1v) is 8.81. The van der Waals surface area contributed by atoms with E-state index in [0.717, 1.165) is 36.2 Å². The number of hydrogen-bond donors (Lipinski definition) is 1. The minimum atomic E-state index is -1.02. The molecule has 0 saturated carbocycles. The van der Waals surface area contributed by atoms with E-state index < -0.39 is 11.6 Å². The molecule has 1 aromatic heterocycles. The third-order valence-corrected chi connectivity index (χ3v) is 5.10. The largest absolute Gasteiger partial charge is 0.382 e. The second-order valence-corrected chi connectivity index (χ2v) is 7.06. The van der Waals surface area contributed by atoms with Crippen molar-refractivity contribution in [2.24, 2.45) is 0 Å². The molecule has 2 aromatic rings. The number of rotatable bonds is 5. The van der Waals surface area contributed by atoms with E-state index in [0.29, 0.717) is 0 Å². The van der Waals surface area contributed by atoms with Crippen LogP contribution in [0.3, 0.4) is 0 Å². The lowest BCUT2D eigenvalue weighted by atomic mass is 10.0. The van der Waals surface area contributed by atoms with Crippen LogP contribution in [0, 0.1) is 0 Å². The molecule has 0 bridgehead atoms. The Morgan fingerprint density at radius 1 is 1.23 bits per heavy atom. The summed E-state index contributed by atoms with van der Waals surface area (Å²) in [5, 5.41) is 7.48. The summed E-state index contributed by atoms with van der Waals surface area (Å²) < 4.78 is 7.05. The minimum Gasteiger partial charge on any atom is -0.382 e. The van der Waals surface area contributed by atoms with Crippen molar-refractivity contribution < 1.29 is 14.3 Å². The van der Waals surface area contributed by atoms with Gasteiger partial charge in [-0.2, -0.15) is 5.10 Å². The van der Waals surface area contributed by atoms with Crippen LogP contribution in [0.5, 0.6) is 0 Å². The first-order chi connectivity index (χ1) is 12.5. The number of ether oxygens (including phenoxy) is 1. The number of urea groups is 1. The number of para-hydroxylation sites is 1. The highest BCUT2D eigenvalue weighted by Crippen LogP contribution is 2.30. The number of benzene rings is 1. The molecule has 0 radical (unpaired) electrons. The maximum atomic E-state index is 12.7. The minimum absolute atomic E-state index is 0.143. The van der Waals surface area contributed by atoms with E-state index in [1.54, 1.807) is 6.92 Å². The third kappa shape index (κ3) is 2.59. The fourth-order valence-electron chi connectivity index (χ4n) is 3.85. The maximum Gasteiger partial charge on any atom is 0.325 e. The van der Waals surface area contributed by atoms with Crippen LogP contribution in [0.2, 0.25) is 0 Å². The topological polar surface area (TPSA) is 76.5 Å². The van der Waals surface area contributed by atoms with Crippen molar-refractivity contribution in [2.75, 3.05) is 13.7 Å². The zero-order valence-corrected chi connectivity index (χ0v) is 15.0. The van der Waals surface area contributed by atoms with Gasteiger partial charge in [-0.1, -0.05) is 18.2 Å². The first-order valence-electron chi connectivity index (χ1n) is 8.81. The number of carbonyl (C=O) groups excluding carboxylic acids is 2. The van der Waals surface area contributed by atoms with Gasteiger partial charge in [0.1, 0.15) is 5.54 Å². The molecule has 1 saturated heterocycles. The molecular weight excluding hydrogens is 332 g/mol. The maximum absolute atomic E-state index is 12.7. The predicted molar refractivity (Wildman–Crippen MR) is 95.0 cm³/mol. The highest BCUT2D eigenvalue weighted by atomic mass is 16.5. The van der Waals surface area contributed by atoms with Gasteiger partial charge in [0.15, 0.2) is 0 Å². The second-order valence-electron chi connectivity index (χ2n) is 7.06. The second kappa shape index (κ2) is 6.25. The molecule has 1 atom stereocenters. The number of fused-ring (bicyclic) bond motifs is 1. The molecule has 1 fully saturated rings. The molecule has 1 aliphatic heterocycles. The van der Waals surface area contributed by atoms with E-state index in [-0.39, 0.29) is 19.1 Å². The Bertz CT molecular complexity index is 861. The molecule has 2 heterocycles. The molecule has 3 amide bonds. The molecule has 0 spiro atoms. The molecule has 2 aliphatic rings. The summed E-state index contributed by atoms with van der Waals surface area (Å²) in [4.78, 5) is 26.3. The molecule has 7 heteroatoms. The number of imide groups is 1. The average molecular weight is 354 g/mol. The summed E-state index contributed by atoms with van der Waals surface area (Å²) in [5.41, 5.74) is 3.12. The summed E-state index contributed by atoms with van der Waals surface area (Å²) in [6.07, 6.45) is 2.95. The Hall–Kier alpha value is -2.67. The summed E-state index contributed by atoms with van der Waals surface area (Å²) in [6, 6.07) is 9.56. The summed E-state index contributed by atoms with van der Waals surface area (Å²) in [7, 11) is 1.52. The van der Waals surface area contributed by atoms with Crippen LogP contribution in [0.25, 0.3) is 5.69 Å². The lowest BCUT2D eigenvalue weighted by Crippen LogP contribution is -2.47. The Morgan fingerprint density at radius 3 is 2.73 bits per heavy atom. The average Bonchev–Trinajstić information content (AvgIpc) is 3.27. The zero-order valence-electron chi connectivity index (χ0n) is 15.0. The molecule has 4 rings (SSSR count). The highest BCUT2D eigenvalue weighted by Gasteiger charge is 2.48. The molecule has 0 unspecified atom stereocenters. The van der Waals surface area contributed by atoms with Gasteiger partial charge in [-0.05, 0) is 43.9 Å². The van der Waals surface area contributed by atoms with Crippen molar-refractivity contribution in [1.29, 1.82) is 0 Å². The van der Waals surface area contributed by atoms with Gasteiger partial charge >= 0.3 is 6.03 Å². The fraction of sp³-hybridized carbons (Fsp3) is 0.421. The monoisotopic (exact) mass is 354 g/mol. The van der Waals surface area contributed by atoms with E-state index in [2.05, 4.69) is 5.32 Å². The van der Waals surface area contributed by atoms with E-state index >= 15 is 0 Å². The number of nitrogens with zero attached hydrogens (tertiary/aromatic N) is 3. The fourth-order valence-corrected chi connectivity index (χ4v) is 3.85. The summed E-state index contributed by atoms with van der Waals surface area (Å²) >= 11 is 0. The van der Waals surface area contributed by atoms with Crippen LogP contribution in [0.4, 0.5) is 4.79 Å². The number of amides is 3. The number of carbonyl (C=O) groups is 2. The number of aromatic nitrogens is 2. The van der Waals surface area contributed by atoms with Gasteiger partial charge in [0.05, 0.1) is 24.5 Å². The first kappa shape index (κ1) is 16.8. The lowest BCUT2D eigenvalue weighted by Gasteiger charge is -2.20. The Kier molecular flexibility index (Phi) is 4.03. The Labute approximate surface area is 151 Å². The highest BCUT2D eigenvalue weighted by molar-refractivity contribution is 6.06. The van der Waals surface area contributed by atoms with E-state index in [1.165, 1.54) is 17.7 Å². The van der Waals surface area contributed by atoms with Gasteiger partial charge in [0.2, 0.25) is 0 Å². The van der Waals surface area contributed by atoms with Crippen molar-refractivity contribution >= 4 is 11.9 Å². The van der Waals surface area contributed by atoms with Crippen molar-refractivity contribution in [3.63, 3.8) is 0 Å². The van der Waals surface area contributed by atoms with Gasteiger partial charge in [0.25, 0.3) is 5.91 Å². The predicted octanol–water partition coefficient (Wildman–Crippen LogP) is 1.82. The standard InChI is InChI=1S/C19H22N4O3/c1-19(12-26-2)17(24)22(18(25)20-19)11-15-14-9-6-10-16(14)23(21-15)13-7-4-3-5-8-13/h3-5,7-8H,6,9-12H2,1-2H3,(H,20,25)/t19-/m0/s1. The molecule has 7 nitrogen and oxygen atoms in total. The number of methoxy groups -OCH3 is 1. The molecule has 1 N–H and O–H groups in total. The lowest BCUT2D eigenvalue weighted by molar-refractivity contribution is -0.132. The van der Waals surface area contributed by atoms with Gasteiger partial charge in [-0.15, -0.1) is 0 Å². The van der Waals surface area contributed by atoms with Crippen LogP contribution in [0.1, 0.15) is 30.3 Å². The van der Waals surface area contributed by atoms with Crippen LogP contribution < -0.4 is 5.32 Å². The summed E-state index contributed by atoms with van der Waals surface area (Å²) in [6.45, 7) is 2.01. The van der Waals surface area contributed by atoms with E-state index in [1.807, 2.05) is 35.0 Å². The van der Waals surface area contributed by atoms with Gasteiger partial charge in [0, 0.05) is 12.8 Å². The van der Waals surface area contributed by atoms with Crippen LogP contribution in [-0.2, 0) is 28.9 Å². The molecule has 26 heavy (non-hydrogen) atoms. The molecule has 1 aromatic carbocycles. The Morgan fingerprint density at radius 2 is 2.00 bits per heavy atom. The van der Waals surface area contributed by atoms with Crippen LogP contribution in [-0.4, -0.2) is 45.9 Å². The van der Waals surface area contributed by atoms with Crippen molar-refractivity contribution in [3.8, 4) is 5.69 Å². The normalized spacial score (nSPS) is 22.0. The third-order valence-electron chi connectivity index (χ3n) is 5.10. The van der Waals surface area contributed by atoms with Crippen molar-refractivity contribution in [2.45, 2.75) is 38.3 Å². The van der Waals surface area contributed by atoms with Crippen LogP contribution >= 0.6 is 0 Å². The van der Waals surface area contributed by atoms with E-state index in [4.69, 9.17) is 9.84 Å². The SMILES string of the molecule is COC[C@]1(C)NC(=O)N(Cc2nn(-c3ccccc3)c3c2CCC3)C1=O. The molecular formula is C19H22N4O3. The zero-order chi connectivity index (χ0) is 18.3. The van der Waals surface area contributed by atoms with Gasteiger partial charge in [-0.3, -0.25) is 9.69 Å². The molecule has 1 aliphatic carbocycles.